The van der Waals surface area contributed by atoms with Gasteiger partial charge in [0.05, 0.1) is 0 Å². The maximum Gasteiger partial charge on any atom is 0.421 e. The van der Waals surface area contributed by atoms with Gasteiger partial charge in [-0.15, -0.1) is 0 Å². The number of hydrogen-bond acceptors (Lipinski definition) is 6. The van der Waals surface area contributed by atoms with E-state index in [1.807, 2.05) is 5.32 Å². The molecule has 3 aromatic rings. The zero-order valence-electron chi connectivity index (χ0n) is 14.7. The van der Waals surface area contributed by atoms with Crippen molar-refractivity contribution in [1.29, 1.82) is 0 Å². The first-order chi connectivity index (χ1) is 13.8. The van der Waals surface area contributed by atoms with E-state index in [2.05, 4.69) is 15.2 Å². The number of rotatable bonds is 6. The molecular weight excluding hydrogens is 398 g/mol. The molecule has 1 unspecified atom stereocenters. The molecule has 0 saturated heterocycles. The lowest BCUT2D eigenvalue weighted by atomic mass is 9.82. The predicted octanol–water partition coefficient (Wildman–Crippen LogP) is 3.08. The average Bonchev–Trinajstić information content (AvgIpc) is 3.13. The molecule has 0 spiro atoms. The van der Waals surface area contributed by atoms with Crippen molar-refractivity contribution in [3.05, 3.63) is 59.9 Å². The number of anilines is 1. The lowest BCUT2D eigenvalue weighted by Crippen LogP contribution is -2.63. The van der Waals surface area contributed by atoms with Crippen LogP contribution in [0.5, 0.6) is 0 Å². The molecule has 2 aromatic carbocycles. The van der Waals surface area contributed by atoms with Crippen LogP contribution in [0.4, 0.5) is 23.7 Å². The zero-order chi connectivity index (χ0) is 21.2. The third-order valence-electron chi connectivity index (χ3n) is 4.23. The minimum atomic E-state index is -4.81. The second-order valence-corrected chi connectivity index (χ2v) is 5.89. The zero-order valence-corrected chi connectivity index (χ0v) is 14.7. The number of aromatic nitrogens is 1. The molecule has 0 aliphatic heterocycles. The van der Waals surface area contributed by atoms with Gasteiger partial charge < -0.3 is 15.1 Å². The van der Waals surface area contributed by atoms with E-state index in [1.54, 1.807) is 12.1 Å². The van der Waals surface area contributed by atoms with Gasteiger partial charge in [0.15, 0.2) is 5.58 Å². The lowest BCUT2D eigenvalue weighted by Gasteiger charge is -2.36. The van der Waals surface area contributed by atoms with Gasteiger partial charge in [-0.25, -0.2) is 14.1 Å². The molecule has 0 saturated carbocycles. The Hall–Kier alpha value is -3.63. The van der Waals surface area contributed by atoms with Crippen LogP contribution in [0.25, 0.3) is 11.1 Å². The highest BCUT2D eigenvalue weighted by atomic mass is 19.3. The molecule has 0 fully saturated rings. The first kappa shape index (κ1) is 20.1. The number of fused-ring (bicyclic) bond motifs is 1. The SMILES string of the molecule is CNC(=O)C(Nc1nc2ccccc2o1)(c1ccc(F)cc1)C(F)(F)C(=O)OF. The Morgan fingerprint density at radius 1 is 1.10 bits per heavy atom. The minimum Gasteiger partial charge on any atom is -0.424 e. The number of likely N-dealkylation sites (N-methyl/N-ethyl adjacent to an activating group) is 1. The summed E-state index contributed by atoms with van der Waals surface area (Å²) in [5.74, 6) is -9.70. The standard InChI is InChI=1S/C18H13F4N3O4/c1-23-14(26)17(18(20,21)15(27)29-22,10-6-8-11(19)9-7-10)25-16-24-12-4-2-3-5-13(12)28-16/h2-9H,1H3,(H,23,26)(H,24,25). The van der Waals surface area contributed by atoms with Gasteiger partial charge in [-0.1, -0.05) is 24.3 Å². The maximum atomic E-state index is 15.1. The molecule has 1 atom stereocenters. The Bertz CT molecular complexity index is 1020. The Balaban J connectivity index is 2.26. The van der Waals surface area contributed by atoms with Gasteiger partial charge in [-0.05, 0) is 29.8 Å². The fourth-order valence-electron chi connectivity index (χ4n) is 2.84. The lowest BCUT2D eigenvalue weighted by molar-refractivity contribution is -0.220. The van der Waals surface area contributed by atoms with Crippen LogP contribution >= 0.6 is 0 Å². The number of alkyl halides is 2. The van der Waals surface area contributed by atoms with E-state index in [0.717, 1.165) is 31.3 Å². The van der Waals surface area contributed by atoms with E-state index in [1.165, 1.54) is 12.1 Å². The molecule has 0 bridgehead atoms. The quantitative estimate of drug-likeness (QED) is 0.606. The van der Waals surface area contributed by atoms with E-state index in [0.29, 0.717) is 0 Å². The molecule has 2 N–H and O–H groups in total. The maximum absolute atomic E-state index is 15.1. The van der Waals surface area contributed by atoms with Gasteiger partial charge in [0, 0.05) is 11.6 Å². The highest BCUT2D eigenvalue weighted by molar-refractivity contribution is 5.98. The summed E-state index contributed by atoms with van der Waals surface area (Å²) in [6.07, 6.45) is 0. The fraction of sp³-hybridized carbons (Fsp3) is 0.167. The van der Waals surface area contributed by atoms with Gasteiger partial charge in [0.25, 0.3) is 11.9 Å². The number of hydrogen-bond donors (Lipinski definition) is 2. The Kier molecular flexibility index (Phi) is 5.14. The topological polar surface area (TPSA) is 93.5 Å². The summed E-state index contributed by atoms with van der Waals surface area (Å²) in [7, 11) is 1.02. The smallest absolute Gasteiger partial charge is 0.421 e. The highest BCUT2D eigenvalue weighted by Crippen LogP contribution is 2.42. The van der Waals surface area contributed by atoms with Crippen LogP contribution in [0, 0.1) is 5.82 Å². The number of nitrogens with zero attached hydrogens (tertiary/aromatic N) is 1. The molecule has 1 aromatic heterocycles. The largest absolute Gasteiger partial charge is 0.424 e. The number of carbonyl (C=O) groups is 2. The molecular formula is C18H13F4N3O4. The van der Waals surface area contributed by atoms with E-state index in [-0.39, 0.29) is 11.1 Å². The van der Waals surface area contributed by atoms with Crippen LogP contribution in [-0.2, 0) is 20.1 Å². The molecule has 0 aliphatic carbocycles. The van der Waals surface area contributed by atoms with Crippen molar-refractivity contribution in [2.75, 3.05) is 12.4 Å². The van der Waals surface area contributed by atoms with Gasteiger partial charge in [-0.3, -0.25) is 4.79 Å². The number of para-hydroxylation sites is 2. The third-order valence-corrected chi connectivity index (χ3v) is 4.23. The second-order valence-electron chi connectivity index (χ2n) is 5.89. The van der Waals surface area contributed by atoms with Gasteiger partial charge in [0.1, 0.15) is 11.3 Å². The Labute approximate surface area is 160 Å². The van der Waals surface area contributed by atoms with Crippen molar-refractivity contribution in [3.63, 3.8) is 0 Å². The van der Waals surface area contributed by atoms with Crippen molar-refractivity contribution >= 4 is 29.0 Å². The molecule has 7 nitrogen and oxygen atoms in total. The number of benzene rings is 2. The molecule has 0 radical (unpaired) electrons. The van der Waals surface area contributed by atoms with E-state index in [9.17, 15) is 18.5 Å². The van der Waals surface area contributed by atoms with Crippen LogP contribution in [0.1, 0.15) is 5.56 Å². The van der Waals surface area contributed by atoms with Crippen LogP contribution in [0.2, 0.25) is 0 Å². The molecule has 3 rings (SSSR count). The summed E-state index contributed by atoms with van der Waals surface area (Å²) in [6, 6.07) is 8.88. The van der Waals surface area contributed by atoms with Crippen LogP contribution in [-0.4, -0.2) is 29.8 Å². The van der Waals surface area contributed by atoms with Gasteiger partial charge in [-0.2, -0.15) is 13.8 Å². The molecule has 0 aliphatic rings. The van der Waals surface area contributed by atoms with Crippen molar-refractivity contribution in [2.45, 2.75) is 11.5 Å². The summed E-state index contributed by atoms with van der Waals surface area (Å²) in [6.45, 7) is 0. The van der Waals surface area contributed by atoms with Crippen LogP contribution in [0.15, 0.2) is 52.9 Å². The molecule has 1 heterocycles. The molecule has 29 heavy (non-hydrogen) atoms. The first-order valence-electron chi connectivity index (χ1n) is 8.09. The molecule has 152 valence electrons. The molecule has 11 heteroatoms. The predicted molar refractivity (Wildman–Crippen MR) is 91.9 cm³/mol. The molecule has 1 amide bonds. The first-order valence-corrected chi connectivity index (χ1v) is 8.09. The fourth-order valence-corrected chi connectivity index (χ4v) is 2.84. The average molecular weight is 411 g/mol. The van der Waals surface area contributed by atoms with Crippen molar-refractivity contribution in [2.24, 2.45) is 0 Å². The van der Waals surface area contributed by atoms with E-state index in [4.69, 9.17) is 4.42 Å². The summed E-state index contributed by atoms with van der Waals surface area (Å²) < 4.78 is 61.4. The summed E-state index contributed by atoms with van der Waals surface area (Å²) in [4.78, 5) is 30.9. The number of oxazole rings is 1. The summed E-state index contributed by atoms with van der Waals surface area (Å²) >= 11 is 0. The van der Waals surface area contributed by atoms with Crippen molar-refractivity contribution < 1.29 is 36.6 Å². The Morgan fingerprint density at radius 2 is 1.76 bits per heavy atom. The van der Waals surface area contributed by atoms with E-state index < -0.39 is 40.7 Å². The number of carbonyl (C=O) groups excluding carboxylic acids is 2. The summed E-state index contributed by atoms with van der Waals surface area (Å²) in [5.41, 5.74) is -3.40. The van der Waals surface area contributed by atoms with Crippen molar-refractivity contribution in [1.82, 2.24) is 10.3 Å². The number of amides is 1. The van der Waals surface area contributed by atoms with E-state index >= 15 is 8.78 Å². The minimum absolute atomic E-state index is 0.191. The number of halogens is 4. The Morgan fingerprint density at radius 3 is 2.34 bits per heavy atom. The number of nitrogens with one attached hydrogen (secondary N) is 2. The van der Waals surface area contributed by atoms with Gasteiger partial charge >= 0.3 is 11.9 Å². The second kappa shape index (κ2) is 7.41. The summed E-state index contributed by atoms with van der Waals surface area (Å²) in [5, 5.41) is 4.08. The normalized spacial score (nSPS) is 13.6. The van der Waals surface area contributed by atoms with Crippen LogP contribution < -0.4 is 10.6 Å². The highest BCUT2D eigenvalue weighted by Gasteiger charge is 2.67. The van der Waals surface area contributed by atoms with Crippen LogP contribution in [0.3, 0.4) is 0 Å². The monoisotopic (exact) mass is 411 g/mol. The van der Waals surface area contributed by atoms with Crippen molar-refractivity contribution in [3.8, 4) is 0 Å². The third kappa shape index (κ3) is 3.24. The van der Waals surface area contributed by atoms with Gasteiger partial charge in [0.2, 0.25) is 5.54 Å².